The van der Waals surface area contributed by atoms with Gasteiger partial charge in [-0.1, -0.05) is 12.1 Å². The number of carbonyl (C=O) groups is 1. The minimum atomic E-state index is -4.76. The van der Waals surface area contributed by atoms with Gasteiger partial charge in [0.05, 0.1) is 28.5 Å². The van der Waals surface area contributed by atoms with E-state index in [-0.39, 0.29) is 23.2 Å². The summed E-state index contributed by atoms with van der Waals surface area (Å²) in [6, 6.07) is 4.30. The molecule has 0 amide bonds. The van der Waals surface area contributed by atoms with Gasteiger partial charge < -0.3 is 20.3 Å². The Morgan fingerprint density at radius 3 is 2.50 bits per heavy atom. The number of carboxylic acid groups (broad SMARTS) is 1. The third-order valence-electron chi connectivity index (χ3n) is 5.44. The van der Waals surface area contributed by atoms with Gasteiger partial charge in [-0.05, 0) is 31.0 Å². The maximum atomic E-state index is 13.9. The average molecular weight is 448 g/mol. The predicted molar refractivity (Wildman–Crippen MR) is 116 cm³/mol. The number of nitrogens with two attached hydrogens (primary N) is 1. The smallest absolute Gasteiger partial charge is 0.417 e. The lowest BCUT2D eigenvalue weighted by atomic mass is 9.93. The number of fused-ring (bicyclic) bond motifs is 1. The number of rotatable bonds is 5. The second kappa shape index (κ2) is 8.27. The monoisotopic (exact) mass is 448 g/mol. The lowest BCUT2D eigenvalue weighted by molar-refractivity contribution is -0.138. The lowest BCUT2D eigenvalue weighted by Crippen LogP contribution is -2.32. The summed E-state index contributed by atoms with van der Waals surface area (Å²) in [6.07, 6.45) is -3.32. The Labute approximate surface area is 181 Å². The number of carboxylic acids is 1. The van der Waals surface area contributed by atoms with E-state index in [4.69, 9.17) is 5.73 Å². The predicted octanol–water partition coefficient (Wildman–Crippen LogP) is 2.95. The molecule has 0 bridgehead atoms. The first-order valence-electron chi connectivity index (χ1n) is 9.68. The molecule has 10 heteroatoms. The van der Waals surface area contributed by atoms with Crippen molar-refractivity contribution in [1.82, 2.24) is 9.55 Å². The van der Waals surface area contributed by atoms with Gasteiger partial charge in [0.1, 0.15) is 6.04 Å². The molecule has 2 aromatic heterocycles. The van der Waals surface area contributed by atoms with E-state index in [2.05, 4.69) is 4.98 Å². The summed E-state index contributed by atoms with van der Waals surface area (Å²) in [6.45, 7) is 1.43. The van der Waals surface area contributed by atoms with E-state index in [1.54, 1.807) is 25.1 Å². The molecule has 170 valence electrons. The topological polar surface area (TPSA) is 101 Å². The van der Waals surface area contributed by atoms with Crippen molar-refractivity contribution >= 4 is 22.6 Å². The van der Waals surface area contributed by atoms with Gasteiger partial charge in [0, 0.05) is 37.8 Å². The molecule has 7 nitrogen and oxygen atoms in total. The minimum absolute atomic E-state index is 0.0193. The van der Waals surface area contributed by atoms with Crippen LogP contribution in [-0.4, -0.2) is 40.8 Å². The molecule has 2 heterocycles. The van der Waals surface area contributed by atoms with E-state index in [1.165, 1.54) is 32.3 Å². The van der Waals surface area contributed by atoms with Crippen LogP contribution >= 0.6 is 0 Å². The zero-order valence-corrected chi connectivity index (χ0v) is 18.0. The number of aliphatic carboxylic acids is 1. The Kier molecular flexibility index (Phi) is 6.01. The van der Waals surface area contributed by atoms with Crippen LogP contribution in [0.3, 0.4) is 0 Å². The first-order chi connectivity index (χ1) is 14.8. The van der Waals surface area contributed by atoms with Crippen molar-refractivity contribution in [3.05, 3.63) is 57.6 Å². The summed E-state index contributed by atoms with van der Waals surface area (Å²) in [7, 11) is 4.95. The molecule has 0 spiro atoms. The van der Waals surface area contributed by atoms with Crippen LogP contribution in [-0.2, 0) is 24.4 Å². The van der Waals surface area contributed by atoms with Crippen LogP contribution in [0.5, 0.6) is 0 Å². The Hall–Kier alpha value is -3.40. The van der Waals surface area contributed by atoms with Gasteiger partial charge in [-0.3, -0.25) is 14.6 Å². The number of alkyl halides is 3. The number of anilines is 1. The minimum Gasteiger partial charge on any atom is -0.480 e. The molecule has 1 atom stereocenters. The summed E-state index contributed by atoms with van der Waals surface area (Å²) in [5.41, 5.74) is 4.86. The Bertz CT molecular complexity index is 1270. The van der Waals surface area contributed by atoms with E-state index in [0.29, 0.717) is 16.6 Å². The highest BCUT2D eigenvalue weighted by atomic mass is 19.4. The first kappa shape index (κ1) is 23.3. The van der Waals surface area contributed by atoms with E-state index in [1.807, 2.05) is 0 Å². The first-order valence-corrected chi connectivity index (χ1v) is 9.68. The summed E-state index contributed by atoms with van der Waals surface area (Å²) < 4.78 is 42.8. The third-order valence-corrected chi connectivity index (χ3v) is 5.44. The fourth-order valence-electron chi connectivity index (χ4n) is 3.52. The number of halogens is 3. The van der Waals surface area contributed by atoms with Crippen molar-refractivity contribution in [2.75, 3.05) is 19.0 Å². The number of nitrogens with zero attached hydrogens (tertiary/aromatic N) is 3. The zero-order chi connectivity index (χ0) is 24.0. The number of benzene rings is 1. The Morgan fingerprint density at radius 2 is 1.94 bits per heavy atom. The highest BCUT2D eigenvalue weighted by Crippen LogP contribution is 2.39. The van der Waals surface area contributed by atoms with Gasteiger partial charge in [-0.15, -0.1) is 0 Å². The van der Waals surface area contributed by atoms with Crippen LogP contribution < -0.4 is 16.2 Å². The van der Waals surface area contributed by atoms with E-state index >= 15 is 0 Å². The van der Waals surface area contributed by atoms with Crippen molar-refractivity contribution < 1.29 is 23.1 Å². The molecule has 3 aromatic rings. The second-order valence-electron chi connectivity index (χ2n) is 7.84. The summed E-state index contributed by atoms with van der Waals surface area (Å²) in [5.74, 6) is -1.20. The van der Waals surface area contributed by atoms with Crippen molar-refractivity contribution in [3.8, 4) is 11.1 Å². The van der Waals surface area contributed by atoms with Crippen molar-refractivity contribution in [3.63, 3.8) is 0 Å². The molecule has 0 saturated heterocycles. The number of aryl methyl sites for hydroxylation is 1. The van der Waals surface area contributed by atoms with Gasteiger partial charge >= 0.3 is 12.1 Å². The van der Waals surface area contributed by atoms with Crippen molar-refractivity contribution in [1.29, 1.82) is 0 Å². The Balaban J connectivity index is 2.41. The van der Waals surface area contributed by atoms with Crippen LogP contribution in [0, 0.1) is 6.92 Å². The molecule has 0 fully saturated rings. The van der Waals surface area contributed by atoms with E-state index in [9.17, 15) is 27.9 Å². The second-order valence-corrected chi connectivity index (χ2v) is 7.84. The maximum absolute atomic E-state index is 13.9. The quantitative estimate of drug-likeness (QED) is 0.622. The highest BCUT2D eigenvalue weighted by molar-refractivity contribution is 5.98. The van der Waals surface area contributed by atoms with Crippen LogP contribution in [0.25, 0.3) is 22.0 Å². The Morgan fingerprint density at radius 1 is 1.28 bits per heavy atom. The molecule has 0 aliphatic rings. The van der Waals surface area contributed by atoms with Crippen LogP contribution in [0.15, 0.2) is 35.3 Å². The maximum Gasteiger partial charge on any atom is 0.417 e. The van der Waals surface area contributed by atoms with Gasteiger partial charge in [-0.25, -0.2) is 0 Å². The third kappa shape index (κ3) is 4.18. The fraction of sp³-hybridized carbons (Fsp3) is 0.318. The zero-order valence-electron chi connectivity index (χ0n) is 18.0. The largest absolute Gasteiger partial charge is 0.480 e. The number of aromatic nitrogens is 2. The van der Waals surface area contributed by atoms with Crippen LogP contribution in [0.1, 0.15) is 16.8 Å². The van der Waals surface area contributed by atoms with Gasteiger partial charge in [0.15, 0.2) is 0 Å². The van der Waals surface area contributed by atoms with E-state index in [0.717, 1.165) is 10.6 Å². The molecule has 32 heavy (non-hydrogen) atoms. The number of hydrogen-bond acceptors (Lipinski definition) is 5. The average Bonchev–Trinajstić information content (AvgIpc) is 2.71. The van der Waals surface area contributed by atoms with Gasteiger partial charge in [0.2, 0.25) is 0 Å². The van der Waals surface area contributed by atoms with Crippen LogP contribution in [0.4, 0.5) is 18.9 Å². The normalized spacial score (nSPS) is 12.8. The molecule has 1 aromatic carbocycles. The molecule has 0 aliphatic heterocycles. The number of hydrogen-bond donors (Lipinski definition) is 2. The van der Waals surface area contributed by atoms with E-state index < -0.39 is 34.9 Å². The molecule has 0 radical (unpaired) electrons. The van der Waals surface area contributed by atoms with Crippen molar-refractivity contribution in [2.24, 2.45) is 12.8 Å². The van der Waals surface area contributed by atoms with Crippen LogP contribution in [0.2, 0.25) is 0 Å². The molecule has 3 rings (SSSR count). The molecule has 0 aliphatic carbocycles. The fourth-order valence-corrected chi connectivity index (χ4v) is 3.52. The summed E-state index contributed by atoms with van der Waals surface area (Å²) in [5, 5.41) is 9.62. The SMILES string of the molecule is Cc1cc(C(F)(F)F)c(-c2ccc(CC(N)C(=O)O)c3cc(N(C)C)cnc23)c(=O)n1C. The highest BCUT2D eigenvalue weighted by Gasteiger charge is 2.36. The molecular weight excluding hydrogens is 425 g/mol. The molecule has 0 saturated carbocycles. The molecule has 3 N–H and O–H groups in total. The van der Waals surface area contributed by atoms with Crippen molar-refractivity contribution in [2.45, 2.75) is 25.6 Å². The molecular formula is C22H23F3N4O3. The lowest BCUT2D eigenvalue weighted by Gasteiger charge is -2.19. The standard InChI is InChI=1S/C22H23F3N4O3/c1-11-7-16(22(23,24)25)18(20(30)29(11)4)14-6-5-12(8-17(26)21(31)32)15-9-13(28(2)3)10-27-19(14)15/h5-7,9-10,17H,8,26H2,1-4H3,(H,31,32). The van der Waals surface area contributed by atoms with Gasteiger partial charge in [-0.2, -0.15) is 13.2 Å². The summed E-state index contributed by atoms with van der Waals surface area (Å²) >= 11 is 0. The number of pyridine rings is 2. The summed E-state index contributed by atoms with van der Waals surface area (Å²) in [4.78, 5) is 30.3. The van der Waals surface area contributed by atoms with Gasteiger partial charge in [0.25, 0.3) is 5.56 Å². The molecule has 1 unspecified atom stereocenters.